The first kappa shape index (κ1) is 11.8. The van der Waals surface area contributed by atoms with E-state index in [0.29, 0.717) is 12.2 Å². The highest BCUT2D eigenvalue weighted by molar-refractivity contribution is 5.99. The van der Waals surface area contributed by atoms with Crippen molar-refractivity contribution in [3.05, 3.63) is 65.6 Å². The molecule has 3 rings (SSSR count). The van der Waals surface area contributed by atoms with Gasteiger partial charge in [0, 0.05) is 12.0 Å². The van der Waals surface area contributed by atoms with Crippen molar-refractivity contribution in [3.63, 3.8) is 0 Å². The Kier molecular flexibility index (Phi) is 3.19. The van der Waals surface area contributed by atoms with E-state index in [1.807, 2.05) is 30.3 Å². The Bertz CT molecular complexity index is 584. The van der Waals surface area contributed by atoms with Crippen molar-refractivity contribution in [2.45, 2.75) is 18.9 Å². The molecule has 95 valence electrons. The Morgan fingerprint density at radius 2 is 2.05 bits per heavy atom. The monoisotopic (exact) mass is 252 g/mol. The van der Waals surface area contributed by atoms with Gasteiger partial charge in [-0.1, -0.05) is 30.3 Å². The quantitative estimate of drug-likeness (QED) is 0.788. The van der Waals surface area contributed by atoms with Gasteiger partial charge in [0.25, 0.3) is 5.91 Å². The maximum atomic E-state index is 11.8. The van der Waals surface area contributed by atoms with Crippen LogP contribution in [0.25, 0.3) is 6.08 Å². The Labute approximate surface area is 111 Å². The van der Waals surface area contributed by atoms with Crippen molar-refractivity contribution in [1.82, 2.24) is 5.32 Å². The molecule has 0 aliphatic carbocycles. The minimum atomic E-state index is -0.114. The summed E-state index contributed by atoms with van der Waals surface area (Å²) in [7, 11) is 0. The van der Waals surface area contributed by atoms with E-state index in [0.717, 1.165) is 12.0 Å². The van der Waals surface area contributed by atoms with E-state index in [1.165, 1.54) is 5.56 Å². The molecule has 3 nitrogen and oxygen atoms in total. The van der Waals surface area contributed by atoms with E-state index in [4.69, 9.17) is 4.42 Å². The van der Waals surface area contributed by atoms with Crippen molar-refractivity contribution in [2.75, 3.05) is 0 Å². The number of carbonyl (C=O) groups excluding carboxylic acids is 1. The summed E-state index contributed by atoms with van der Waals surface area (Å²) in [5.41, 5.74) is 1.94. The van der Waals surface area contributed by atoms with E-state index in [9.17, 15) is 4.79 Å². The van der Waals surface area contributed by atoms with Crippen LogP contribution in [0.5, 0.6) is 0 Å². The zero-order valence-corrected chi connectivity index (χ0v) is 10.5. The summed E-state index contributed by atoms with van der Waals surface area (Å²) in [6.45, 7) is 0. The van der Waals surface area contributed by atoms with Gasteiger partial charge in [-0.05, 0) is 30.2 Å². The van der Waals surface area contributed by atoms with E-state index in [1.54, 1.807) is 12.3 Å². The molecular formula is C16H14NO2. The van der Waals surface area contributed by atoms with Crippen LogP contribution in [0.1, 0.15) is 17.7 Å². The highest BCUT2D eigenvalue weighted by Gasteiger charge is 2.28. The van der Waals surface area contributed by atoms with Crippen molar-refractivity contribution in [3.8, 4) is 0 Å². The predicted octanol–water partition coefficient (Wildman–Crippen LogP) is 2.81. The highest BCUT2D eigenvalue weighted by atomic mass is 16.3. The van der Waals surface area contributed by atoms with E-state index in [-0.39, 0.29) is 11.9 Å². The Morgan fingerprint density at radius 3 is 2.79 bits per heavy atom. The summed E-state index contributed by atoms with van der Waals surface area (Å²) in [6.07, 6.45) is 4.89. The third-order valence-electron chi connectivity index (χ3n) is 3.20. The van der Waals surface area contributed by atoms with Crippen LogP contribution in [0.2, 0.25) is 0 Å². The summed E-state index contributed by atoms with van der Waals surface area (Å²) in [4.78, 5) is 11.8. The zero-order valence-electron chi connectivity index (χ0n) is 10.5. The van der Waals surface area contributed by atoms with E-state index < -0.39 is 0 Å². The van der Waals surface area contributed by atoms with Gasteiger partial charge in [0.1, 0.15) is 5.76 Å². The van der Waals surface area contributed by atoms with Gasteiger partial charge in [0.15, 0.2) is 0 Å². The summed E-state index contributed by atoms with van der Waals surface area (Å²) in [5, 5.41) is 4.20. The minimum Gasteiger partial charge on any atom is -0.465 e. The van der Waals surface area contributed by atoms with Crippen LogP contribution in [-0.2, 0) is 11.2 Å². The SMILES string of the molecule is O=C1[N]C(Cc2ccccc2)CC1=Cc1ccco1. The molecule has 1 amide bonds. The standard InChI is InChI=1S/C16H14NO2/c18-16-13(11-15-7-4-8-19-15)10-14(17-16)9-12-5-2-1-3-6-12/h1-8,11,14H,9-10H2. The highest BCUT2D eigenvalue weighted by Crippen LogP contribution is 2.22. The predicted molar refractivity (Wildman–Crippen MR) is 72.4 cm³/mol. The minimum absolute atomic E-state index is 0.0520. The molecule has 2 heterocycles. The maximum absolute atomic E-state index is 11.8. The second-order valence-electron chi connectivity index (χ2n) is 4.67. The molecule has 1 aliphatic rings. The number of hydrogen-bond acceptors (Lipinski definition) is 2. The van der Waals surface area contributed by atoms with Crippen molar-refractivity contribution in [2.24, 2.45) is 0 Å². The van der Waals surface area contributed by atoms with E-state index >= 15 is 0 Å². The molecule has 0 spiro atoms. The van der Waals surface area contributed by atoms with Crippen LogP contribution >= 0.6 is 0 Å². The molecule has 1 aromatic heterocycles. The van der Waals surface area contributed by atoms with Crippen LogP contribution in [0.3, 0.4) is 0 Å². The lowest BCUT2D eigenvalue weighted by molar-refractivity contribution is -0.116. The number of hydrogen-bond donors (Lipinski definition) is 0. The normalized spacial score (nSPS) is 20.7. The summed E-state index contributed by atoms with van der Waals surface area (Å²) < 4.78 is 5.23. The van der Waals surface area contributed by atoms with Crippen LogP contribution in [0.4, 0.5) is 0 Å². The molecule has 1 unspecified atom stereocenters. The number of rotatable bonds is 3. The van der Waals surface area contributed by atoms with Gasteiger partial charge in [-0.2, -0.15) is 0 Å². The molecular weight excluding hydrogens is 238 g/mol. The molecule has 2 aromatic rings. The molecule has 0 bridgehead atoms. The molecule has 1 aliphatic heterocycles. The Balaban J connectivity index is 1.70. The van der Waals surface area contributed by atoms with Crippen LogP contribution in [0.15, 0.2) is 58.7 Å². The second kappa shape index (κ2) is 5.14. The molecule has 1 saturated heterocycles. The van der Waals surface area contributed by atoms with Gasteiger partial charge in [-0.15, -0.1) is 0 Å². The molecule has 0 saturated carbocycles. The van der Waals surface area contributed by atoms with E-state index in [2.05, 4.69) is 17.4 Å². The fraction of sp³-hybridized carbons (Fsp3) is 0.188. The number of amides is 1. The second-order valence-corrected chi connectivity index (χ2v) is 4.67. The third kappa shape index (κ3) is 2.76. The fourth-order valence-corrected chi connectivity index (χ4v) is 2.31. The van der Waals surface area contributed by atoms with Crippen molar-refractivity contribution >= 4 is 12.0 Å². The molecule has 1 atom stereocenters. The molecule has 3 heteroatoms. The van der Waals surface area contributed by atoms with Gasteiger partial charge >= 0.3 is 0 Å². The number of nitrogens with zero attached hydrogens (tertiary/aromatic N) is 1. The molecule has 0 N–H and O–H groups in total. The number of furan rings is 1. The topological polar surface area (TPSA) is 44.3 Å². The first-order chi connectivity index (χ1) is 9.31. The molecule has 1 radical (unpaired) electrons. The maximum Gasteiger partial charge on any atom is 0.268 e. The smallest absolute Gasteiger partial charge is 0.268 e. The Morgan fingerprint density at radius 1 is 1.21 bits per heavy atom. The first-order valence-corrected chi connectivity index (χ1v) is 6.34. The largest absolute Gasteiger partial charge is 0.465 e. The molecule has 1 fully saturated rings. The average Bonchev–Trinajstić information content (AvgIpc) is 3.02. The lowest BCUT2D eigenvalue weighted by Gasteiger charge is -2.06. The van der Waals surface area contributed by atoms with Crippen molar-refractivity contribution in [1.29, 1.82) is 0 Å². The lowest BCUT2D eigenvalue weighted by atomic mass is 10.0. The number of benzene rings is 1. The van der Waals surface area contributed by atoms with Gasteiger partial charge < -0.3 is 4.42 Å². The van der Waals surface area contributed by atoms with Gasteiger partial charge in [-0.25, -0.2) is 5.32 Å². The summed E-state index contributed by atoms with van der Waals surface area (Å²) >= 11 is 0. The van der Waals surface area contributed by atoms with Gasteiger partial charge in [0.2, 0.25) is 0 Å². The van der Waals surface area contributed by atoms with Crippen LogP contribution < -0.4 is 5.32 Å². The number of carbonyl (C=O) groups is 1. The van der Waals surface area contributed by atoms with Crippen LogP contribution in [0, 0.1) is 0 Å². The third-order valence-corrected chi connectivity index (χ3v) is 3.20. The lowest BCUT2D eigenvalue weighted by Crippen LogP contribution is -2.19. The van der Waals surface area contributed by atoms with Crippen LogP contribution in [-0.4, -0.2) is 11.9 Å². The Hall–Kier alpha value is -2.29. The molecule has 19 heavy (non-hydrogen) atoms. The fourth-order valence-electron chi connectivity index (χ4n) is 2.31. The zero-order chi connectivity index (χ0) is 13.1. The van der Waals surface area contributed by atoms with Gasteiger partial charge in [-0.3, -0.25) is 4.79 Å². The van der Waals surface area contributed by atoms with Gasteiger partial charge in [0.05, 0.1) is 12.3 Å². The molecule has 1 aromatic carbocycles. The summed E-state index contributed by atoms with van der Waals surface area (Å²) in [5.74, 6) is 0.594. The van der Waals surface area contributed by atoms with Crippen molar-refractivity contribution < 1.29 is 9.21 Å². The average molecular weight is 252 g/mol. The summed E-state index contributed by atoms with van der Waals surface area (Å²) in [6, 6.07) is 13.8. The first-order valence-electron chi connectivity index (χ1n) is 6.34.